The fourth-order valence-electron chi connectivity index (χ4n) is 1.30. The summed E-state index contributed by atoms with van der Waals surface area (Å²) in [5, 5.41) is 0. The van der Waals surface area contributed by atoms with Gasteiger partial charge in [-0.15, -0.1) is 0 Å². The monoisotopic (exact) mass is 275 g/mol. The Hall–Kier alpha value is -1.30. The summed E-state index contributed by atoms with van der Waals surface area (Å²) < 4.78 is 9.71. The maximum Gasteiger partial charge on any atom is 0.431 e. The maximum atomic E-state index is 11.6. The summed E-state index contributed by atoms with van der Waals surface area (Å²) in [5.41, 5.74) is 1.22. The lowest BCUT2D eigenvalue weighted by molar-refractivity contribution is -0.154. The van der Waals surface area contributed by atoms with E-state index in [4.69, 9.17) is 14.3 Å². The predicted molar refractivity (Wildman–Crippen MR) is 70.3 cm³/mol. The van der Waals surface area contributed by atoms with Crippen LogP contribution >= 0.6 is 0 Å². The molecule has 1 N–H and O–H groups in total. The molecule has 6 nitrogen and oxygen atoms in total. The van der Waals surface area contributed by atoms with Gasteiger partial charge in [0.15, 0.2) is 0 Å². The number of hydrogen-bond acceptors (Lipinski definition) is 5. The summed E-state index contributed by atoms with van der Waals surface area (Å²) in [4.78, 5) is 28.0. The Kier molecular flexibility index (Phi) is 6.29. The normalized spacial score (nSPS) is 13.6. The van der Waals surface area contributed by atoms with Crippen molar-refractivity contribution in [2.24, 2.45) is 11.3 Å². The molecule has 0 fully saturated rings. The molecule has 0 rings (SSSR count). The van der Waals surface area contributed by atoms with Crippen molar-refractivity contribution in [2.75, 3.05) is 13.7 Å². The molecule has 0 aliphatic carbocycles. The maximum absolute atomic E-state index is 11.6. The molecule has 1 amide bonds. The molecule has 6 heteroatoms. The van der Waals surface area contributed by atoms with E-state index < -0.39 is 17.6 Å². The van der Waals surface area contributed by atoms with Crippen molar-refractivity contribution in [3.63, 3.8) is 0 Å². The molecule has 0 saturated heterocycles. The van der Waals surface area contributed by atoms with Crippen LogP contribution in [0.1, 0.15) is 41.5 Å². The van der Waals surface area contributed by atoms with Gasteiger partial charge < -0.3 is 9.47 Å². The van der Waals surface area contributed by atoms with Gasteiger partial charge >= 0.3 is 12.1 Å². The standard InChI is InChI=1S/C13H25NO5/c1-12(2,3)9(10(15)17-7)8-18-14-11(16)19-13(4,5)6/h9H,8H2,1-7H3,(H,14,16). The van der Waals surface area contributed by atoms with Crippen LogP contribution in [0.5, 0.6) is 0 Å². The lowest BCUT2D eigenvalue weighted by atomic mass is 9.81. The Morgan fingerprint density at radius 2 is 1.63 bits per heavy atom. The van der Waals surface area contributed by atoms with Gasteiger partial charge in [0.1, 0.15) is 5.60 Å². The number of hydrogen-bond donors (Lipinski definition) is 1. The minimum atomic E-state index is -0.690. The van der Waals surface area contributed by atoms with Crippen LogP contribution in [-0.2, 0) is 19.1 Å². The summed E-state index contributed by atoms with van der Waals surface area (Å²) in [6.07, 6.45) is -0.690. The van der Waals surface area contributed by atoms with Crippen molar-refractivity contribution in [2.45, 2.75) is 47.1 Å². The number of ether oxygens (including phenoxy) is 2. The first-order valence-electron chi connectivity index (χ1n) is 6.16. The first kappa shape index (κ1) is 17.7. The zero-order valence-corrected chi connectivity index (χ0v) is 12.8. The second-order valence-corrected chi connectivity index (χ2v) is 6.36. The first-order chi connectivity index (χ1) is 8.47. The van der Waals surface area contributed by atoms with Crippen molar-refractivity contribution in [1.29, 1.82) is 0 Å². The molecule has 112 valence electrons. The van der Waals surface area contributed by atoms with Crippen LogP contribution in [0, 0.1) is 11.3 Å². The molecule has 0 heterocycles. The van der Waals surface area contributed by atoms with Crippen LogP contribution in [0.3, 0.4) is 0 Å². The Bertz CT molecular complexity index is 314. The molecule has 0 aliphatic rings. The average molecular weight is 275 g/mol. The smallest absolute Gasteiger partial charge is 0.431 e. The van der Waals surface area contributed by atoms with Gasteiger partial charge in [-0.25, -0.2) is 4.79 Å². The minimum absolute atomic E-state index is 0.0232. The largest absolute Gasteiger partial charge is 0.469 e. The van der Waals surface area contributed by atoms with Crippen LogP contribution in [0.15, 0.2) is 0 Å². The van der Waals surface area contributed by atoms with Gasteiger partial charge in [-0.05, 0) is 26.2 Å². The molecule has 0 aliphatic heterocycles. The molecular formula is C13H25NO5. The van der Waals surface area contributed by atoms with Crippen molar-refractivity contribution < 1.29 is 23.9 Å². The van der Waals surface area contributed by atoms with Gasteiger partial charge in [-0.1, -0.05) is 20.8 Å². The quantitative estimate of drug-likeness (QED) is 0.629. The van der Waals surface area contributed by atoms with Gasteiger partial charge in [0.25, 0.3) is 0 Å². The molecular weight excluding hydrogens is 250 g/mol. The highest BCUT2D eigenvalue weighted by Gasteiger charge is 2.33. The van der Waals surface area contributed by atoms with Crippen LogP contribution in [0.4, 0.5) is 4.79 Å². The number of methoxy groups -OCH3 is 1. The Balaban J connectivity index is 4.29. The Morgan fingerprint density at radius 3 is 2.00 bits per heavy atom. The third-order valence-electron chi connectivity index (χ3n) is 2.34. The van der Waals surface area contributed by atoms with Crippen LogP contribution in [0.25, 0.3) is 0 Å². The van der Waals surface area contributed by atoms with Crippen LogP contribution in [-0.4, -0.2) is 31.4 Å². The van der Waals surface area contributed by atoms with Crippen molar-refractivity contribution >= 4 is 12.1 Å². The van der Waals surface area contributed by atoms with Gasteiger partial charge in [-0.2, -0.15) is 5.48 Å². The van der Waals surface area contributed by atoms with E-state index in [-0.39, 0.29) is 18.0 Å². The summed E-state index contributed by atoms with van der Waals surface area (Å²) >= 11 is 0. The van der Waals surface area contributed by atoms with E-state index >= 15 is 0 Å². The van der Waals surface area contributed by atoms with E-state index in [9.17, 15) is 9.59 Å². The van der Waals surface area contributed by atoms with E-state index in [0.29, 0.717) is 0 Å². The van der Waals surface area contributed by atoms with Crippen LogP contribution in [0.2, 0.25) is 0 Å². The number of amides is 1. The molecule has 0 aromatic carbocycles. The molecule has 0 bridgehead atoms. The topological polar surface area (TPSA) is 73.9 Å². The van der Waals surface area contributed by atoms with Crippen LogP contribution < -0.4 is 5.48 Å². The molecule has 0 saturated carbocycles. The van der Waals surface area contributed by atoms with Gasteiger partial charge in [0.2, 0.25) is 0 Å². The highest BCUT2D eigenvalue weighted by molar-refractivity contribution is 5.73. The SMILES string of the molecule is COC(=O)C(CONC(=O)OC(C)(C)C)C(C)(C)C. The molecule has 1 atom stereocenters. The molecule has 0 aromatic heterocycles. The van der Waals surface area contributed by atoms with Gasteiger partial charge in [0.05, 0.1) is 19.6 Å². The van der Waals surface area contributed by atoms with Crippen molar-refractivity contribution in [3.8, 4) is 0 Å². The average Bonchev–Trinajstić information content (AvgIpc) is 2.19. The number of nitrogens with one attached hydrogen (secondary N) is 1. The highest BCUT2D eigenvalue weighted by Crippen LogP contribution is 2.27. The second kappa shape index (κ2) is 6.75. The Labute approximate surface area is 114 Å². The first-order valence-corrected chi connectivity index (χ1v) is 6.16. The van der Waals surface area contributed by atoms with E-state index in [0.717, 1.165) is 0 Å². The summed E-state index contributed by atoms with van der Waals surface area (Å²) in [5.74, 6) is -0.856. The predicted octanol–water partition coefficient (Wildman–Crippen LogP) is 2.28. The molecule has 19 heavy (non-hydrogen) atoms. The number of esters is 1. The van der Waals surface area contributed by atoms with Crippen molar-refractivity contribution in [1.82, 2.24) is 5.48 Å². The summed E-state index contributed by atoms with van der Waals surface area (Å²) in [7, 11) is 1.32. The summed E-state index contributed by atoms with van der Waals surface area (Å²) in [6.45, 7) is 11.0. The fraction of sp³-hybridized carbons (Fsp3) is 0.846. The third kappa shape index (κ3) is 7.66. The van der Waals surface area contributed by atoms with Crippen molar-refractivity contribution in [3.05, 3.63) is 0 Å². The van der Waals surface area contributed by atoms with E-state index in [1.165, 1.54) is 7.11 Å². The zero-order valence-electron chi connectivity index (χ0n) is 12.8. The third-order valence-corrected chi connectivity index (χ3v) is 2.34. The summed E-state index contributed by atoms with van der Waals surface area (Å²) in [6, 6.07) is 0. The fourth-order valence-corrected chi connectivity index (χ4v) is 1.30. The zero-order chi connectivity index (χ0) is 15.3. The van der Waals surface area contributed by atoms with E-state index in [1.807, 2.05) is 20.8 Å². The van der Waals surface area contributed by atoms with E-state index in [2.05, 4.69) is 5.48 Å². The highest BCUT2D eigenvalue weighted by atomic mass is 16.7. The van der Waals surface area contributed by atoms with E-state index in [1.54, 1.807) is 20.8 Å². The second-order valence-electron chi connectivity index (χ2n) is 6.36. The Morgan fingerprint density at radius 1 is 1.11 bits per heavy atom. The molecule has 0 radical (unpaired) electrons. The molecule has 0 aromatic rings. The lowest BCUT2D eigenvalue weighted by Gasteiger charge is -2.28. The molecule has 1 unspecified atom stereocenters. The molecule has 0 spiro atoms. The number of carbonyl (C=O) groups excluding carboxylic acids is 2. The van der Waals surface area contributed by atoms with Gasteiger partial charge in [0, 0.05) is 0 Å². The minimum Gasteiger partial charge on any atom is -0.469 e. The number of hydroxylamine groups is 1. The lowest BCUT2D eigenvalue weighted by Crippen LogP contribution is -2.38. The number of rotatable bonds is 4. The van der Waals surface area contributed by atoms with Gasteiger partial charge in [-0.3, -0.25) is 9.63 Å². The number of carbonyl (C=O) groups is 2.